The van der Waals surface area contributed by atoms with Crippen LogP contribution in [0.15, 0.2) is 28.7 Å². The van der Waals surface area contributed by atoms with Crippen molar-refractivity contribution in [1.29, 1.82) is 0 Å². The number of thiazole rings is 1. The molecule has 0 spiro atoms. The van der Waals surface area contributed by atoms with Crippen molar-refractivity contribution < 1.29 is 9.53 Å². The van der Waals surface area contributed by atoms with Gasteiger partial charge in [-0.3, -0.25) is 4.98 Å². The summed E-state index contributed by atoms with van der Waals surface area (Å²) in [6, 6.07) is 3.67. The molecule has 2 heterocycles. The Hall–Kier alpha value is -1.40. The number of carbonyl (C=O) groups excluding carboxylic acids is 1. The van der Waals surface area contributed by atoms with Gasteiger partial charge in [0.2, 0.25) is 0 Å². The number of aromatic nitrogens is 2. The van der Waals surface area contributed by atoms with Crippen LogP contribution in [0.3, 0.4) is 0 Å². The highest BCUT2D eigenvalue weighted by molar-refractivity contribution is 7.83. The fourth-order valence-electron chi connectivity index (χ4n) is 1.26. The fraction of sp³-hybridized carbons (Fsp3) is 0.182. The minimum Gasteiger partial charge on any atom is -0.461 e. The molecule has 2 rings (SSSR count). The minimum atomic E-state index is -0.436. The zero-order chi connectivity index (χ0) is 12.3. The highest BCUT2D eigenvalue weighted by Crippen LogP contribution is 2.30. The first kappa shape index (κ1) is 12.1. The van der Waals surface area contributed by atoms with E-state index in [-0.39, 0.29) is 5.69 Å². The summed E-state index contributed by atoms with van der Waals surface area (Å²) in [6.07, 6.45) is 3.36. The second-order valence-corrected chi connectivity index (χ2v) is 4.88. The monoisotopic (exact) mass is 266 g/mol. The predicted octanol–water partition coefficient (Wildman–Crippen LogP) is 2.67. The van der Waals surface area contributed by atoms with E-state index < -0.39 is 5.97 Å². The Morgan fingerprint density at radius 2 is 2.18 bits per heavy atom. The average molecular weight is 266 g/mol. The van der Waals surface area contributed by atoms with Gasteiger partial charge < -0.3 is 4.74 Å². The summed E-state index contributed by atoms with van der Waals surface area (Å²) in [5.41, 5.74) is 1.18. The Labute approximate surface area is 108 Å². The smallest absolute Gasteiger partial charge is 0.359 e. The second-order valence-electron chi connectivity index (χ2n) is 3.13. The van der Waals surface area contributed by atoms with E-state index in [1.807, 2.05) is 12.1 Å². The lowest BCUT2D eigenvalue weighted by molar-refractivity contribution is 0.0516. The standard InChI is InChI=1S/C11H10N2O2S2/c1-2-15-10(14)8-11(16)17-9(13-8)7-3-5-12-6-4-7/h3-6,16H,2H2,1H3. The molecular weight excluding hydrogens is 256 g/mol. The summed E-state index contributed by atoms with van der Waals surface area (Å²) in [7, 11) is 0. The minimum absolute atomic E-state index is 0.270. The predicted molar refractivity (Wildman–Crippen MR) is 68.6 cm³/mol. The molecule has 6 heteroatoms. The third-order valence-electron chi connectivity index (χ3n) is 2.01. The van der Waals surface area contributed by atoms with Gasteiger partial charge in [0, 0.05) is 18.0 Å². The van der Waals surface area contributed by atoms with Crippen LogP contribution < -0.4 is 0 Å². The summed E-state index contributed by atoms with van der Waals surface area (Å²) < 4.78 is 5.47. The Kier molecular flexibility index (Phi) is 3.75. The molecule has 0 bridgehead atoms. The van der Waals surface area contributed by atoms with Gasteiger partial charge in [0.1, 0.15) is 5.01 Å². The van der Waals surface area contributed by atoms with E-state index >= 15 is 0 Å². The van der Waals surface area contributed by atoms with Gasteiger partial charge in [-0.1, -0.05) is 0 Å². The molecule has 0 saturated carbocycles. The highest BCUT2D eigenvalue weighted by Gasteiger charge is 2.17. The van der Waals surface area contributed by atoms with E-state index in [1.165, 1.54) is 11.3 Å². The van der Waals surface area contributed by atoms with Crippen molar-refractivity contribution in [3.8, 4) is 10.6 Å². The van der Waals surface area contributed by atoms with Crippen LogP contribution in [0.4, 0.5) is 0 Å². The molecule has 4 nitrogen and oxygen atoms in total. The van der Waals surface area contributed by atoms with Gasteiger partial charge in [0.25, 0.3) is 0 Å². The zero-order valence-electron chi connectivity index (χ0n) is 9.08. The molecule has 0 amide bonds. The third kappa shape index (κ3) is 2.65. The lowest BCUT2D eigenvalue weighted by atomic mass is 10.3. The lowest BCUT2D eigenvalue weighted by Crippen LogP contribution is -2.05. The first-order valence-corrected chi connectivity index (χ1v) is 6.26. The van der Waals surface area contributed by atoms with Crippen LogP contribution in [-0.4, -0.2) is 22.5 Å². The Morgan fingerprint density at radius 1 is 1.47 bits per heavy atom. The van der Waals surface area contributed by atoms with Gasteiger partial charge in [-0.25, -0.2) is 9.78 Å². The molecule has 2 aromatic heterocycles. The number of carbonyl (C=O) groups is 1. The molecule has 0 aromatic carbocycles. The molecule has 0 N–H and O–H groups in total. The Balaban J connectivity index is 2.34. The van der Waals surface area contributed by atoms with Crippen LogP contribution in [0.1, 0.15) is 17.4 Å². The van der Waals surface area contributed by atoms with Crippen molar-refractivity contribution in [3.63, 3.8) is 0 Å². The number of nitrogens with zero attached hydrogens (tertiary/aromatic N) is 2. The Bertz CT molecular complexity index is 526. The van der Waals surface area contributed by atoms with Crippen LogP contribution in [-0.2, 0) is 4.74 Å². The quantitative estimate of drug-likeness (QED) is 0.685. The number of rotatable bonds is 3. The maximum atomic E-state index is 11.6. The zero-order valence-corrected chi connectivity index (χ0v) is 10.8. The third-order valence-corrected chi connectivity index (χ3v) is 3.40. The van der Waals surface area contributed by atoms with Crippen LogP contribution in [0.25, 0.3) is 10.6 Å². The molecule has 17 heavy (non-hydrogen) atoms. The molecule has 0 radical (unpaired) electrons. The fourth-order valence-corrected chi connectivity index (χ4v) is 2.46. The van der Waals surface area contributed by atoms with E-state index in [0.29, 0.717) is 10.8 Å². The summed E-state index contributed by atoms with van der Waals surface area (Å²) in [5, 5.41) is 0.737. The number of esters is 1. The van der Waals surface area contributed by atoms with E-state index in [2.05, 4.69) is 22.6 Å². The number of hydrogen-bond donors (Lipinski definition) is 1. The van der Waals surface area contributed by atoms with E-state index in [9.17, 15) is 4.79 Å². The van der Waals surface area contributed by atoms with Crippen molar-refractivity contribution in [2.75, 3.05) is 6.61 Å². The molecule has 0 unspecified atom stereocenters. The molecule has 0 atom stereocenters. The normalized spacial score (nSPS) is 10.2. The van der Waals surface area contributed by atoms with Gasteiger partial charge in [0.15, 0.2) is 5.69 Å². The molecule has 88 valence electrons. The number of ether oxygens (including phenoxy) is 1. The molecule has 0 aliphatic carbocycles. The van der Waals surface area contributed by atoms with Gasteiger partial charge in [-0.15, -0.1) is 24.0 Å². The van der Waals surface area contributed by atoms with Crippen LogP contribution in [0.2, 0.25) is 0 Å². The summed E-state index contributed by atoms with van der Waals surface area (Å²) in [6.45, 7) is 2.08. The van der Waals surface area contributed by atoms with Crippen molar-refractivity contribution in [2.45, 2.75) is 11.1 Å². The van der Waals surface area contributed by atoms with E-state index in [0.717, 1.165) is 10.6 Å². The molecule has 2 aromatic rings. The summed E-state index contributed by atoms with van der Waals surface area (Å²) in [4.78, 5) is 19.7. The molecule has 0 aliphatic rings. The van der Waals surface area contributed by atoms with Gasteiger partial charge in [0.05, 0.1) is 10.8 Å². The maximum Gasteiger partial charge on any atom is 0.359 e. The Morgan fingerprint density at radius 3 is 2.82 bits per heavy atom. The van der Waals surface area contributed by atoms with Crippen LogP contribution in [0, 0.1) is 0 Å². The van der Waals surface area contributed by atoms with Crippen molar-refractivity contribution in [1.82, 2.24) is 9.97 Å². The van der Waals surface area contributed by atoms with Crippen molar-refractivity contribution in [2.24, 2.45) is 0 Å². The number of pyridine rings is 1. The molecular formula is C11H10N2O2S2. The van der Waals surface area contributed by atoms with Gasteiger partial charge in [-0.2, -0.15) is 0 Å². The average Bonchev–Trinajstić information content (AvgIpc) is 2.73. The topological polar surface area (TPSA) is 52.1 Å². The lowest BCUT2D eigenvalue weighted by Gasteiger charge is -1.97. The van der Waals surface area contributed by atoms with Crippen molar-refractivity contribution in [3.05, 3.63) is 30.2 Å². The summed E-state index contributed by atoms with van der Waals surface area (Å²) >= 11 is 5.59. The number of thiol groups is 1. The second kappa shape index (κ2) is 5.29. The van der Waals surface area contributed by atoms with E-state index in [1.54, 1.807) is 19.3 Å². The van der Waals surface area contributed by atoms with E-state index in [4.69, 9.17) is 4.74 Å². The van der Waals surface area contributed by atoms with Crippen molar-refractivity contribution >= 4 is 29.9 Å². The molecule has 0 aliphatic heterocycles. The molecule has 0 fully saturated rings. The van der Waals surface area contributed by atoms with Gasteiger partial charge in [-0.05, 0) is 19.1 Å². The first-order valence-electron chi connectivity index (χ1n) is 4.99. The van der Waals surface area contributed by atoms with Crippen LogP contribution >= 0.6 is 24.0 Å². The first-order chi connectivity index (χ1) is 8.22. The largest absolute Gasteiger partial charge is 0.461 e. The molecule has 0 saturated heterocycles. The highest BCUT2D eigenvalue weighted by atomic mass is 32.2. The maximum absolute atomic E-state index is 11.6. The SMILES string of the molecule is CCOC(=O)c1nc(-c2ccncc2)sc1S. The van der Waals surface area contributed by atoms with Gasteiger partial charge >= 0.3 is 5.97 Å². The number of hydrogen-bond acceptors (Lipinski definition) is 6. The summed E-state index contributed by atoms with van der Waals surface area (Å²) in [5.74, 6) is -0.436. The van der Waals surface area contributed by atoms with Crippen LogP contribution in [0.5, 0.6) is 0 Å².